The Kier molecular flexibility index (Phi) is 12.0. The predicted octanol–water partition coefficient (Wildman–Crippen LogP) is 8.85. The van der Waals surface area contributed by atoms with E-state index in [1.807, 2.05) is 12.1 Å². The van der Waals surface area contributed by atoms with Gasteiger partial charge in [-0.25, -0.2) is 0 Å². The van der Waals surface area contributed by atoms with Gasteiger partial charge in [-0.3, -0.25) is 5.41 Å². The van der Waals surface area contributed by atoms with Gasteiger partial charge in [0.1, 0.15) is 5.75 Å². The Bertz CT molecular complexity index is 1520. The molecule has 0 aromatic heterocycles. The van der Waals surface area contributed by atoms with Gasteiger partial charge in [0.05, 0.1) is 12.2 Å². The summed E-state index contributed by atoms with van der Waals surface area (Å²) < 4.78 is 5.50. The van der Waals surface area contributed by atoms with Crippen LogP contribution in [0.1, 0.15) is 56.7 Å². The molecule has 6 heteroatoms. The zero-order valence-corrected chi connectivity index (χ0v) is 25.7. The molecule has 42 heavy (non-hydrogen) atoms. The summed E-state index contributed by atoms with van der Waals surface area (Å²) >= 11 is 0. The molecule has 221 valence electrons. The summed E-state index contributed by atoms with van der Waals surface area (Å²) in [5, 5.41) is 26.6. The fourth-order valence-electron chi connectivity index (χ4n) is 5.82. The Morgan fingerprint density at radius 2 is 1.60 bits per heavy atom. The second-order valence-electron chi connectivity index (χ2n) is 10.5. The van der Waals surface area contributed by atoms with Gasteiger partial charge in [-0.05, 0) is 72.9 Å². The molecule has 0 fully saturated rings. The van der Waals surface area contributed by atoms with Crippen molar-refractivity contribution >= 4 is 28.6 Å². The Hall–Kier alpha value is -3.87. The van der Waals surface area contributed by atoms with Gasteiger partial charge in [0.15, 0.2) is 0 Å². The van der Waals surface area contributed by atoms with E-state index in [9.17, 15) is 0 Å². The molecule has 5 nitrogen and oxygen atoms in total. The Morgan fingerprint density at radius 3 is 2.29 bits per heavy atom. The Labute approximate surface area is 260 Å². The molecular weight excluding hydrogens is 565 g/mol. The summed E-state index contributed by atoms with van der Waals surface area (Å²) in [5.74, 6) is 0.141. The summed E-state index contributed by atoms with van der Waals surface area (Å²) in [6, 6.07) is 30.9. The summed E-state index contributed by atoms with van der Waals surface area (Å²) in [4.78, 5) is 2.37. The molecule has 0 saturated heterocycles. The number of ether oxygens (including phenoxy) is 1. The van der Waals surface area contributed by atoms with Crippen LogP contribution >= 0.6 is 0 Å². The topological polar surface area (TPSA) is 80.4 Å². The Balaban J connectivity index is 0.000000260. The standard InChI is InChI=1S/C24H24N2.C12H17NO2.Co/c1-3-26-21-14-13-19-11-7-8-12-20(19)23(21)24(2,22(26)15-16-25)17-18-9-5-4-6-10-18;1-2-3-6-9-15-11-8-5-4-7-10(11)12(13)14;/h4-16,25H,3,17H2,1-2H3;4-5,7-8H,2-3,6,9H2,1H3,(H2,13,14);/b22-15-,25-16?;;. The number of aliphatic hydroxyl groups is 1. The fraction of sp³-hybridized carbons (Fsp3) is 0.278. The molecular formula is C36H41CoN3O2. The molecule has 4 aromatic rings. The minimum Gasteiger partial charge on any atom is -0.493 e. The number of hydrogen-bond donors (Lipinski definition) is 3. The number of likely N-dealkylation sites (N-methyl/N-ethyl adjacent to an activating group) is 1. The van der Waals surface area contributed by atoms with Gasteiger partial charge in [-0.15, -0.1) is 0 Å². The molecule has 1 unspecified atom stereocenters. The van der Waals surface area contributed by atoms with Crippen LogP contribution in [0.25, 0.3) is 10.8 Å². The SMILES string of the molecule is CCCCCOc1ccccc1C(=N)O.CCN1/C(=C\C=N)C(C)(Cc2ccccc2)c2c1ccc1ccccc21.[Co]. The molecule has 0 saturated carbocycles. The fourth-order valence-corrected chi connectivity index (χ4v) is 5.82. The summed E-state index contributed by atoms with van der Waals surface area (Å²) in [5.41, 5.74) is 5.49. The number of fused-ring (bicyclic) bond motifs is 3. The molecule has 0 amide bonds. The van der Waals surface area contributed by atoms with E-state index in [4.69, 9.17) is 20.7 Å². The van der Waals surface area contributed by atoms with Gasteiger partial charge in [-0.2, -0.15) is 0 Å². The smallest absolute Gasteiger partial charge is 0.214 e. The van der Waals surface area contributed by atoms with Crippen LogP contribution < -0.4 is 9.64 Å². The molecule has 1 aliphatic heterocycles. The van der Waals surface area contributed by atoms with E-state index in [0.717, 1.165) is 32.2 Å². The van der Waals surface area contributed by atoms with Crippen LogP contribution in [0, 0.1) is 10.8 Å². The van der Waals surface area contributed by atoms with Crippen molar-refractivity contribution in [2.45, 2.75) is 51.9 Å². The van der Waals surface area contributed by atoms with Crippen LogP contribution in [0.5, 0.6) is 5.75 Å². The van der Waals surface area contributed by atoms with E-state index in [0.29, 0.717) is 17.9 Å². The first-order valence-corrected chi connectivity index (χ1v) is 14.5. The number of rotatable bonds is 10. The van der Waals surface area contributed by atoms with Crippen molar-refractivity contribution in [2.75, 3.05) is 18.1 Å². The monoisotopic (exact) mass is 606 g/mol. The molecule has 3 N–H and O–H groups in total. The molecule has 1 atom stereocenters. The van der Waals surface area contributed by atoms with E-state index >= 15 is 0 Å². The van der Waals surface area contributed by atoms with Crippen molar-refractivity contribution in [3.05, 3.63) is 119 Å². The number of benzene rings is 4. The van der Waals surface area contributed by atoms with E-state index < -0.39 is 5.90 Å². The van der Waals surface area contributed by atoms with Crippen molar-refractivity contribution in [1.82, 2.24) is 0 Å². The van der Waals surface area contributed by atoms with Crippen LogP contribution in [-0.4, -0.2) is 30.4 Å². The van der Waals surface area contributed by atoms with Crippen LogP contribution in [-0.2, 0) is 28.6 Å². The number of para-hydroxylation sites is 1. The molecule has 5 rings (SSSR count). The number of aliphatic hydroxyl groups excluding tert-OH is 1. The number of hydrogen-bond acceptors (Lipinski definition) is 4. The molecule has 0 spiro atoms. The number of anilines is 1. The summed E-state index contributed by atoms with van der Waals surface area (Å²) in [7, 11) is 0. The van der Waals surface area contributed by atoms with Crippen molar-refractivity contribution in [3.63, 3.8) is 0 Å². The minimum absolute atomic E-state index is 0. The third-order valence-electron chi connectivity index (χ3n) is 7.71. The van der Waals surface area contributed by atoms with E-state index in [2.05, 4.69) is 92.4 Å². The molecule has 4 aromatic carbocycles. The van der Waals surface area contributed by atoms with Crippen LogP contribution in [0.4, 0.5) is 5.69 Å². The number of allylic oxidation sites excluding steroid dienone is 2. The van der Waals surface area contributed by atoms with E-state index in [-0.39, 0.29) is 22.2 Å². The minimum atomic E-state index is -0.443. The third kappa shape index (κ3) is 7.12. The van der Waals surface area contributed by atoms with Gasteiger partial charge in [0, 0.05) is 46.3 Å². The molecule has 0 bridgehead atoms. The van der Waals surface area contributed by atoms with Crippen molar-refractivity contribution in [3.8, 4) is 5.75 Å². The van der Waals surface area contributed by atoms with Gasteiger partial charge in [-0.1, -0.05) is 92.6 Å². The zero-order valence-electron chi connectivity index (χ0n) is 24.7. The van der Waals surface area contributed by atoms with E-state index in [1.165, 1.54) is 39.5 Å². The maximum absolute atomic E-state index is 9.11. The molecule has 1 radical (unpaired) electrons. The second-order valence-corrected chi connectivity index (χ2v) is 10.5. The number of unbranched alkanes of at least 4 members (excludes halogenated alkanes) is 2. The number of nitrogens with zero attached hydrogens (tertiary/aromatic N) is 1. The average molecular weight is 607 g/mol. The maximum Gasteiger partial charge on any atom is 0.214 e. The predicted molar refractivity (Wildman–Crippen MR) is 172 cm³/mol. The molecule has 0 aliphatic carbocycles. The molecule has 1 heterocycles. The summed E-state index contributed by atoms with van der Waals surface area (Å²) in [6.45, 7) is 8.19. The number of nitrogens with one attached hydrogen (secondary N) is 2. The third-order valence-corrected chi connectivity index (χ3v) is 7.71. The van der Waals surface area contributed by atoms with Crippen LogP contribution in [0.2, 0.25) is 0 Å². The van der Waals surface area contributed by atoms with Crippen molar-refractivity contribution in [1.29, 1.82) is 10.8 Å². The zero-order chi connectivity index (χ0) is 29.2. The quantitative estimate of drug-likeness (QED) is 0.0959. The van der Waals surface area contributed by atoms with E-state index in [1.54, 1.807) is 18.2 Å². The first kappa shape index (κ1) is 32.6. The second kappa shape index (κ2) is 15.4. The van der Waals surface area contributed by atoms with Gasteiger partial charge in [0.2, 0.25) is 5.90 Å². The van der Waals surface area contributed by atoms with Crippen molar-refractivity contribution in [2.24, 2.45) is 0 Å². The maximum atomic E-state index is 9.11. The van der Waals surface area contributed by atoms with Crippen molar-refractivity contribution < 1.29 is 26.6 Å². The van der Waals surface area contributed by atoms with Gasteiger partial charge >= 0.3 is 0 Å². The first-order chi connectivity index (χ1) is 19.9. The average Bonchev–Trinajstić information content (AvgIpc) is 3.23. The van der Waals surface area contributed by atoms with Gasteiger partial charge in [0.25, 0.3) is 0 Å². The molecule has 1 aliphatic rings. The first-order valence-electron chi connectivity index (χ1n) is 14.5. The Morgan fingerprint density at radius 1 is 0.905 bits per heavy atom. The van der Waals surface area contributed by atoms with Crippen LogP contribution in [0.15, 0.2) is 103 Å². The summed E-state index contributed by atoms with van der Waals surface area (Å²) in [6.07, 6.45) is 7.62. The van der Waals surface area contributed by atoms with Gasteiger partial charge < -0.3 is 20.2 Å². The largest absolute Gasteiger partial charge is 0.493 e. The normalized spacial score (nSPS) is 16.3. The van der Waals surface area contributed by atoms with Crippen LogP contribution in [0.3, 0.4) is 0 Å².